The van der Waals surface area contributed by atoms with Gasteiger partial charge in [0, 0.05) is 25.5 Å². The van der Waals surface area contributed by atoms with E-state index in [1.54, 1.807) is 13.3 Å². The van der Waals surface area contributed by atoms with Gasteiger partial charge >= 0.3 is 0 Å². The molecule has 1 aromatic heterocycles. The van der Waals surface area contributed by atoms with E-state index in [0.29, 0.717) is 6.54 Å². The van der Waals surface area contributed by atoms with E-state index < -0.39 is 0 Å². The number of imidazole rings is 1. The second-order valence-electron chi connectivity index (χ2n) is 2.38. The summed E-state index contributed by atoms with van der Waals surface area (Å²) in [4.78, 5) is 7.15. The number of nitrogens with two attached hydrogens (primary N) is 1. The summed E-state index contributed by atoms with van der Waals surface area (Å²) in [6.07, 6.45) is 1.74. The smallest absolute Gasteiger partial charge is 0.135 e. The van der Waals surface area contributed by atoms with Crippen LogP contribution < -0.4 is 5.73 Å². The van der Waals surface area contributed by atoms with Crippen LogP contribution in [0.5, 0.6) is 0 Å². The fourth-order valence-corrected chi connectivity index (χ4v) is 0.798. The molecule has 1 heterocycles. The molecule has 0 aliphatic carbocycles. The van der Waals surface area contributed by atoms with Gasteiger partial charge in [-0.25, -0.2) is 4.98 Å². The van der Waals surface area contributed by atoms with Gasteiger partial charge in [-0.3, -0.25) is 0 Å². The standard InChI is InChI=1S/C7H13N3O/c1-5(11-2)7-9-4-6(3-8)10-7/h4-5H,3,8H2,1-2H3,(H,9,10). The summed E-state index contributed by atoms with van der Waals surface area (Å²) in [7, 11) is 1.65. The van der Waals surface area contributed by atoms with E-state index in [1.807, 2.05) is 6.92 Å². The lowest BCUT2D eigenvalue weighted by atomic mass is 10.4. The number of nitrogens with one attached hydrogen (secondary N) is 1. The molecule has 62 valence electrons. The minimum atomic E-state index is 0.00954. The van der Waals surface area contributed by atoms with Gasteiger partial charge in [-0.15, -0.1) is 0 Å². The van der Waals surface area contributed by atoms with Crippen molar-refractivity contribution >= 4 is 0 Å². The SMILES string of the molecule is COC(C)c1ncc(CN)[nH]1. The Morgan fingerprint density at radius 2 is 2.55 bits per heavy atom. The molecule has 11 heavy (non-hydrogen) atoms. The molecular formula is C7H13N3O. The molecule has 0 saturated heterocycles. The van der Waals surface area contributed by atoms with Gasteiger partial charge in [0.2, 0.25) is 0 Å². The highest BCUT2D eigenvalue weighted by Gasteiger charge is 2.06. The van der Waals surface area contributed by atoms with E-state index in [0.717, 1.165) is 11.5 Å². The topological polar surface area (TPSA) is 63.9 Å². The maximum absolute atomic E-state index is 5.39. The Labute approximate surface area is 65.8 Å². The minimum Gasteiger partial charge on any atom is -0.374 e. The van der Waals surface area contributed by atoms with Gasteiger partial charge in [-0.1, -0.05) is 0 Å². The first-order valence-corrected chi connectivity index (χ1v) is 3.54. The zero-order valence-corrected chi connectivity index (χ0v) is 6.79. The second kappa shape index (κ2) is 3.50. The van der Waals surface area contributed by atoms with Gasteiger partial charge < -0.3 is 15.5 Å². The van der Waals surface area contributed by atoms with Crippen LogP contribution >= 0.6 is 0 Å². The summed E-state index contributed by atoms with van der Waals surface area (Å²) in [6.45, 7) is 2.42. The van der Waals surface area contributed by atoms with Gasteiger partial charge in [0.15, 0.2) is 0 Å². The first-order valence-electron chi connectivity index (χ1n) is 3.54. The van der Waals surface area contributed by atoms with Gasteiger partial charge in [0.25, 0.3) is 0 Å². The number of methoxy groups -OCH3 is 1. The van der Waals surface area contributed by atoms with Crippen LogP contribution in [-0.4, -0.2) is 17.1 Å². The number of rotatable bonds is 3. The fraction of sp³-hybridized carbons (Fsp3) is 0.571. The number of ether oxygens (including phenoxy) is 1. The number of H-pyrrole nitrogens is 1. The zero-order chi connectivity index (χ0) is 8.27. The molecule has 0 radical (unpaired) electrons. The maximum Gasteiger partial charge on any atom is 0.135 e. The van der Waals surface area contributed by atoms with Crippen LogP contribution in [0.3, 0.4) is 0 Å². The first-order chi connectivity index (χ1) is 5.27. The van der Waals surface area contributed by atoms with Gasteiger partial charge in [0.1, 0.15) is 11.9 Å². The molecule has 0 aromatic carbocycles. The third-order valence-electron chi connectivity index (χ3n) is 1.61. The molecule has 4 heteroatoms. The summed E-state index contributed by atoms with van der Waals surface area (Å²) in [5.74, 6) is 0.827. The molecule has 1 atom stereocenters. The molecule has 0 saturated carbocycles. The van der Waals surface area contributed by atoms with Crippen molar-refractivity contribution in [3.8, 4) is 0 Å². The Bertz CT molecular complexity index is 221. The van der Waals surface area contributed by atoms with Crippen LogP contribution in [0, 0.1) is 0 Å². The highest BCUT2D eigenvalue weighted by atomic mass is 16.5. The minimum absolute atomic E-state index is 0.00954. The van der Waals surface area contributed by atoms with Crippen molar-refractivity contribution in [3.63, 3.8) is 0 Å². The van der Waals surface area contributed by atoms with Crippen molar-refractivity contribution in [1.29, 1.82) is 0 Å². The molecule has 1 unspecified atom stereocenters. The van der Waals surface area contributed by atoms with Crippen molar-refractivity contribution in [1.82, 2.24) is 9.97 Å². The maximum atomic E-state index is 5.39. The van der Waals surface area contributed by atoms with E-state index >= 15 is 0 Å². The number of hydrogen-bond acceptors (Lipinski definition) is 3. The average Bonchev–Trinajstić information content (AvgIpc) is 2.50. The van der Waals surface area contributed by atoms with E-state index in [-0.39, 0.29) is 6.10 Å². The molecule has 3 N–H and O–H groups in total. The molecule has 0 aliphatic rings. The Morgan fingerprint density at radius 1 is 1.82 bits per heavy atom. The fourth-order valence-electron chi connectivity index (χ4n) is 0.798. The molecule has 0 spiro atoms. The molecule has 0 fully saturated rings. The Balaban J connectivity index is 2.71. The summed E-state index contributed by atoms with van der Waals surface area (Å²) in [5.41, 5.74) is 6.33. The summed E-state index contributed by atoms with van der Waals surface area (Å²) >= 11 is 0. The van der Waals surface area contributed by atoms with Crippen LogP contribution in [0.4, 0.5) is 0 Å². The highest BCUT2D eigenvalue weighted by Crippen LogP contribution is 2.10. The molecule has 0 aliphatic heterocycles. The predicted molar refractivity (Wildman–Crippen MR) is 41.9 cm³/mol. The van der Waals surface area contributed by atoms with E-state index in [4.69, 9.17) is 10.5 Å². The second-order valence-corrected chi connectivity index (χ2v) is 2.38. The van der Waals surface area contributed by atoms with Crippen molar-refractivity contribution < 1.29 is 4.74 Å². The largest absolute Gasteiger partial charge is 0.374 e. The number of nitrogens with zero attached hydrogens (tertiary/aromatic N) is 1. The third-order valence-corrected chi connectivity index (χ3v) is 1.61. The summed E-state index contributed by atoms with van der Waals surface area (Å²) in [5, 5.41) is 0. The van der Waals surface area contributed by atoms with Gasteiger partial charge in [-0.05, 0) is 6.92 Å². The van der Waals surface area contributed by atoms with Crippen LogP contribution in [0.1, 0.15) is 24.5 Å². The average molecular weight is 155 g/mol. The predicted octanol–water partition coefficient (Wildman–Crippen LogP) is 0.576. The van der Waals surface area contributed by atoms with Crippen LogP contribution in [-0.2, 0) is 11.3 Å². The number of aromatic nitrogens is 2. The van der Waals surface area contributed by atoms with Crippen molar-refractivity contribution in [2.75, 3.05) is 7.11 Å². The molecule has 1 aromatic rings. The van der Waals surface area contributed by atoms with E-state index in [2.05, 4.69) is 9.97 Å². The third kappa shape index (κ3) is 1.78. The number of hydrogen-bond donors (Lipinski definition) is 2. The quantitative estimate of drug-likeness (QED) is 0.671. The molecular weight excluding hydrogens is 142 g/mol. The highest BCUT2D eigenvalue weighted by molar-refractivity contribution is 5.02. The van der Waals surface area contributed by atoms with E-state index in [9.17, 15) is 0 Å². The molecule has 4 nitrogen and oxygen atoms in total. The molecule has 0 amide bonds. The van der Waals surface area contributed by atoms with Crippen LogP contribution in [0.15, 0.2) is 6.20 Å². The molecule has 0 bridgehead atoms. The summed E-state index contributed by atoms with van der Waals surface area (Å²) < 4.78 is 5.06. The van der Waals surface area contributed by atoms with E-state index in [1.165, 1.54) is 0 Å². The van der Waals surface area contributed by atoms with Crippen molar-refractivity contribution in [3.05, 3.63) is 17.7 Å². The lowest BCUT2D eigenvalue weighted by molar-refractivity contribution is 0.112. The van der Waals surface area contributed by atoms with Crippen molar-refractivity contribution in [2.24, 2.45) is 5.73 Å². The van der Waals surface area contributed by atoms with Crippen molar-refractivity contribution in [2.45, 2.75) is 19.6 Å². The van der Waals surface area contributed by atoms with Crippen LogP contribution in [0.2, 0.25) is 0 Å². The monoisotopic (exact) mass is 155 g/mol. The van der Waals surface area contributed by atoms with Crippen LogP contribution in [0.25, 0.3) is 0 Å². The normalized spacial score (nSPS) is 13.4. The lowest BCUT2D eigenvalue weighted by Crippen LogP contribution is -2.00. The van der Waals surface area contributed by atoms with Gasteiger partial charge in [0.05, 0.1) is 0 Å². The zero-order valence-electron chi connectivity index (χ0n) is 6.79. The first kappa shape index (κ1) is 8.23. The Morgan fingerprint density at radius 3 is 3.00 bits per heavy atom. The van der Waals surface area contributed by atoms with Gasteiger partial charge in [-0.2, -0.15) is 0 Å². The lowest BCUT2D eigenvalue weighted by Gasteiger charge is -2.03. The molecule has 1 rings (SSSR count). The Hall–Kier alpha value is -0.870. The Kier molecular flexibility index (Phi) is 2.62. The number of aromatic amines is 1. The summed E-state index contributed by atoms with van der Waals surface area (Å²) in [6, 6.07) is 0.